The Labute approximate surface area is 80.8 Å². The maximum Gasteiger partial charge on any atom is 0.206 e. The maximum absolute atomic E-state index is 12.4. The molecule has 0 spiro atoms. The van der Waals surface area contributed by atoms with Gasteiger partial charge in [0.25, 0.3) is 0 Å². The fourth-order valence-corrected chi connectivity index (χ4v) is 0.651. The van der Waals surface area contributed by atoms with E-state index in [0.29, 0.717) is 0 Å². The summed E-state index contributed by atoms with van der Waals surface area (Å²) in [5.41, 5.74) is 0. The van der Waals surface area contributed by atoms with E-state index in [0.717, 1.165) is 0 Å². The first kappa shape index (κ1) is 10.1. The second-order valence-electron chi connectivity index (χ2n) is 1.81. The Kier molecular flexibility index (Phi) is 4.12. The van der Waals surface area contributed by atoms with Gasteiger partial charge in [0.05, 0.1) is 5.02 Å². The number of hydrogen-bond donors (Lipinski definition) is 0. The lowest BCUT2D eigenvalue weighted by molar-refractivity contribution is -0.673. The molecule has 0 saturated heterocycles. The SMILES string of the molecule is C[n+]1ccc(Cl)c(F)c1.[I-]. The molecule has 10 heavy (non-hydrogen) atoms. The molecule has 0 saturated carbocycles. The Morgan fingerprint density at radius 2 is 2.20 bits per heavy atom. The van der Waals surface area contributed by atoms with Crippen molar-refractivity contribution in [3.05, 3.63) is 29.3 Å². The van der Waals surface area contributed by atoms with E-state index in [1.807, 2.05) is 0 Å². The smallest absolute Gasteiger partial charge is 0.206 e. The van der Waals surface area contributed by atoms with Crippen LogP contribution in [0.2, 0.25) is 5.02 Å². The van der Waals surface area contributed by atoms with Gasteiger partial charge in [0.15, 0.2) is 6.20 Å². The van der Waals surface area contributed by atoms with Gasteiger partial charge in [0.1, 0.15) is 7.05 Å². The zero-order valence-electron chi connectivity index (χ0n) is 5.31. The summed E-state index contributed by atoms with van der Waals surface area (Å²) in [5, 5.41) is 0.160. The quantitative estimate of drug-likeness (QED) is 0.392. The van der Waals surface area contributed by atoms with Gasteiger partial charge in [-0.2, -0.15) is 4.39 Å². The molecule has 1 nitrogen and oxygen atoms in total. The molecule has 1 heterocycles. The Bertz CT molecular complexity index is 229. The minimum atomic E-state index is -0.387. The molecule has 0 atom stereocenters. The van der Waals surface area contributed by atoms with Crippen molar-refractivity contribution in [2.24, 2.45) is 7.05 Å². The molecule has 0 amide bonds. The van der Waals surface area contributed by atoms with Crippen LogP contribution in [0, 0.1) is 5.82 Å². The average Bonchev–Trinajstić information content (AvgIpc) is 1.80. The zero-order chi connectivity index (χ0) is 6.85. The van der Waals surface area contributed by atoms with Crippen LogP contribution in [0.5, 0.6) is 0 Å². The molecule has 56 valence electrons. The summed E-state index contributed by atoms with van der Waals surface area (Å²) in [4.78, 5) is 0. The fraction of sp³-hybridized carbons (Fsp3) is 0.167. The summed E-state index contributed by atoms with van der Waals surface area (Å²) in [7, 11) is 1.74. The molecule has 1 aromatic heterocycles. The van der Waals surface area contributed by atoms with E-state index in [1.54, 1.807) is 17.8 Å². The van der Waals surface area contributed by atoms with E-state index in [4.69, 9.17) is 11.6 Å². The standard InChI is InChI=1S/C6H6ClFN.HI/c1-9-3-2-5(7)6(8)4-9;/h2-4H,1H3;1H/q+1;/p-1. The van der Waals surface area contributed by atoms with Gasteiger partial charge in [0, 0.05) is 6.07 Å². The normalized spacial score (nSPS) is 8.70. The molecule has 0 N–H and O–H groups in total. The number of aryl methyl sites for hydroxylation is 1. The molecule has 0 aliphatic rings. The first-order valence-corrected chi connectivity index (χ1v) is 2.88. The lowest BCUT2D eigenvalue weighted by Crippen LogP contribution is -3.00. The molecule has 0 aliphatic heterocycles. The van der Waals surface area contributed by atoms with Gasteiger partial charge >= 0.3 is 0 Å². The van der Waals surface area contributed by atoms with Crippen LogP contribution < -0.4 is 28.5 Å². The zero-order valence-corrected chi connectivity index (χ0v) is 8.23. The Hall–Kier alpha value is 0.1000. The number of rotatable bonds is 0. The predicted octanol–water partition coefficient (Wildman–Crippen LogP) is -1.69. The summed E-state index contributed by atoms with van der Waals surface area (Å²) in [5.74, 6) is -0.387. The molecule has 0 fully saturated rings. The van der Waals surface area contributed by atoms with Crippen molar-refractivity contribution in [3.63, 3.8) is 0 Å². The largest absolute Gasteiger partial charge is 1.00 e. The van der Waals surface area contributed by atoms with Gasteiger partial charge < -0.3 is 24.0 Å². The Morgan fingerprint density at radius 3 is 2.60 bits per heavy atom. The van der Waals surface area contributed by atoms with E-state index in [9.17, 15) is 4.39 Å². The minimum absolute atomic E-state index is 0. The van der Waals surface area contributed by atoms with Crippen molar-refractivity contribution in [1.29, 1.82) is 0 Å². The predicted molar refractivity (Wildman–Crippen MR) is 32.6 cm³/mol. The molecule has 0 bridgehead atoms. The van der Waals surface area contributed by atoms with Gasteiger partial charge in [0.2, 0.25) is 12.0 Å². The molecule has 4 heteroatoms. The summed E-state index contributed by atoms with van der Waals surface area (Å²) in [6.07, 6.45) is 3.01. The summed E-state index contributed by atoms with van der Waals surface area (Å²) < 4.78 is 14.0. The highest BCUT2D eigenvalue weighted by Gasteiger charge is 2.01. The van der Waals surface area contributed by atoms with Gasteiger partial charge in [-0.1, -0.05) is 11.6 Å². The molecular weight excluding hydrogens is 267 g/mol. The second-order valence-corrected chi connectivity index (χ2v) is 2.21. The van der Waals surface area contributed by atoms with Crippen LogP contribution in [0.15, 0.2) is 18.5 Å². The van der Waals surface area contributed by atoms with E-state index in [1.165, 1.54) is 12.3 Å². The van der Waals surface area contributed by atoms with E-state index >= 15 is 0 Å². The Balaban J connectivity index is 0.000000810. The molecular formula is C6H6ClFIN. The van der Waals surface area contributed by atoms with Crippen LogP contribution in [-0.4, -0.2) is 0 Å². The van der Waals surface area contributed by atoms with Gasteiger partial charge in [-0.3, -0.25) is 0 Å². The highest BCUT2D eigenvalue weighted by atomic mass is 127. The highest BCUT2D eigenvalue weighted by Crippen LogP contribution is 2.08. The highest BCUT2D eigenvalue weighted by molar-refractivity contribution is 6.30. The van der Waals surface area contributed by atoms with E-state index in [-0.39, 0.29) is 34.8 Å². The molecule has 0 aliphatic carbocycles. The number of halogens is 3. The van der Waals surface area contributed by atoms with Crippen LogP contribution in [0.25, 0.3) is 0 Å². The number of hydrogen-bond acceptors (Lipinski definition) is 0. The second kappa shape index (κ2) is 4.08. The van der Waals surface area contributed by atoms with Gasteiger partial charge in [-0.15, -0.1) is 0 Å². The van der Waals surface area contributed by atoms with E-state index in [2.05, 4.69) is 0 Å². The van der Waals surface area contributed by atoms with Crippen LogP contribution in [0.3, 0.4) is 0 Å². The monoisotopic (exact) mass is 273 g/mol. The minimum Gasteiger partial charge on any atom is -1.00 e. The molecule has 0 unspecified atom stereocenters. The van der Waals surface area contributed by atoms with Crippen molar-refractivity contribution < 1.29 is 32.9 Å². The number of nitrogens with zero attached hydrogens (tertiary/aromatic N) is 1. The van der Waals surface area contributed by atoms with Crippen LogP contribution in [-0.2, 0) is 7.05 Å². The van der Waals surface area contributed by atoms with Crippen molar-refractivity contribution in [3.8, 4) is 0 Å². The van der Waals surface area contributed by atoms with Crippen LogP contribution >= 0.6 is 11.6 Å². The van der Waals surface area contributed by atoms with Crippen LogP contribution in [0.1, 0.15) is 0 Å². The third-order valence-corrected chi connectivity index (χ3v) is 1.31. The van der Waals surface area contributed by atoms with Crippen molar-refractivity contribution >= 4 is 11.6 Å². The molecule has 0 aromatic carbocycles. The number of aromatic nitrogens is 1. The summed E-state index contributed by atoms with van der Waals surface area (Å²) >= 11 is 5.39. The first-order valence-electron chi connectivity index (χ1n) is 2.50. The summed E-state index contributed by atoms with van der Waals surface area (Å²) in [6.45, 7) is 0. The maximum atomic E-state index is 12.4. The van der Waals surface area contributed by atoms with Crippen LogP contribution in [0.4, 0.5) is 4.39 Å². The third kappa shape index (κ3) is 2.38. The Morgan fingerprint density at radius 1 is 1.60 bits per heavy atom. The fourth-order valence-electron chi connectivity index (χ4n) is 0.546. The van der Waals surface area contributed by atoms with Gasteiger partial charge in [-0.05, 0) is 0 Å². The lowest BCUT2D eigenvalue weighted by Gasteiger charge is -1.88. The van der Waals surface area contributed by atoms with Crippen molar-refractivity contribution in [1.82, 2.24) is 0 Å². The first-order chi connectivity index (χ1) is 4.20. The topological polar surface area (TPSA) is 3.88 Å². The molecule has 0 radical (unpaired) electrons. The number of pyridine rings is 1. The van der Waals surface area contributed by atoms with E-state index < -0.39 is 0 Å². The molecule has 1 rings (SSSR count). The average molecular weight is 273 g/mol. The van der Waals surface area contributed by atoms with Crippen molar-refractivity contribution in [2.75, 3.05) is 0 Å². The molecule has 1 aromatic rings. The lowest BCUT2D eigenvalue weighted by atomic mass is 10.5. The van der Waals surface area contributed by atoms with Crippen molar-refractivity contribution in [2.45, 2.75) is 0 Å². The summed E-state index contributed by atoms with van der Waals surface area (Å²) in [6, 6.07) is 1.51. The van der Waals surface area contributed by atoms with Gasteiger partial charge in [-0.25, -0.2) is 4.57 Å². The third-order valence-electron chi connectivity index (χ3n) is 1.00.